The molecule has 1 unspecified atom stereocenters. The number of carbonyl (C=O) groups excluding carboxylic acids is 1. The number of benzene rings is 1. The Hall–Kier alpha value is -2.08. The highest BCUT2D eigenvalue weighted by molar-refractivity contribution is 6.12. The summed E-state index contributed by atoms with van der Waals surface area (Å²) >= 11 is 0. The van der Waals surface area contributed by atoms with Crippen molar-refractivity contribution in [3.63, 3.8) is 0 Å². The number of ketones is 1. The highest BCUT2D eigenvalue weighted by atomic mass is 16.5. The van der Waals surface area contributed by atoms with Crippen LogP contribution < -0.4 is 15.2 Å². The first-order chi connectivity index (χ1) is 8.01. The first kappa shape index (κ1) is 13.0. The number of nitrogens with two attached hydrogens (primary N) is 1. The zero-order valence-corrected chi connectivity index (χ0v) is 9.47. The Morgan fingerprint density at radius 1 is 1.29 bits per heavy atom. The second kappa shape index (κ2) is 5.31. The van der Waals surface area contributed by atoms with E-state index in [1.165, 1.54) is 32.4 Å². The van der Waals surface area contributed by atoms with E-state index in [1.54, 1.807) is 0 Å². The van der Waals surface area contributed by atoms with Crippen LogP contribution in [-0.2, 0) is 4.79 Å². The van der Waals surface area contributed by atoms with Crippen molar-refractivity contribution >= 4 is 11.8 Å². The molecule has 0 bridgehead atoms. The Bertz CT molecular complexity index is 443. The van der Waals surface area contributed by atoms with Crippen LogP contribution in [0.3, 0.4) is 0 Å². The van der Waals surface area contributed by atoms with E-state index >= 15 is 0 Å². The molecule has 0 aliphatic heterocycles. The average molecular weight is 239 g/mol. The number of aliphatic carboxylic acids is 1. The number of hydrogen-bond donors (Lipinski definition) is 2. The van der Waals surface area contributed by atoms with Crippen LogP contribution in [0.1, 0.15) is 10.4 Å². The van der Waals surface area contributed by atoms with Crippen LogP contribution >= 0.6 is 0 Å². The molecule has 6 heteroatoms. The maximum Gasteiger partial charge on any atom is 0.328 e. The first-order valence-corrected chi connectivity index (χ1v) is 4.76. The third kappa shape index (κ3) is 2.73. The van der Waals surface area contributed by atoms with Crippen molar-refractivity contribution in [1.29, 1.82) is 0 Å². The standard InChI is InChI=1S/C11H13NO5/c1-16-6-3-4-7(8(5-6)17-2)10(13)9(12)11(14)15/h3-5,9H,12H2,1-2H3,(H,14,15). The van der Waals surface area contributed by atoms with Gasteiger partial charge in [0, 0.05) is 6.07 Å². The van der Waals surface area contributed by atoms with E-state index in [9.17, 15) is 9.59 Å². The number of carboxylic acid groups (broad SMARTS) is 1. The van der Waals surface area contributed by atoms with E-state index in [0.717, 1.165) is 0 Å². The Balaban J connectivity index is 3.13. The quantitative estimate of drug-likeness (QED) is 0.566. The van der Waals surface area contributed by atoms with Crippen LogP contribution in [0.2, 0.25) is 0 Å². The summed E-state index contributed by atoms with van der Waals surface area (Å²) in [6, 6.07) is 2.84. The van der Waals surface area contributed by atoms with Gasteiger partial charge in [-0.25, -0.2) is 0 Å². The van der Waals surface area contributed by atoms with Crippen LogP contribution in [0.4, 0.5) is 0 Å². The van der Waals surface area contributed by atoms with Gasteiger partial charge in [0.1, 0.15) is 11.5 Å². The summed E-state index contributed by atoms with van der Waals surface area (Å²) in [6.45, 7) is 0. The lowest BCUT2D eigenvalue weighted by Crippen LogP contribution is -2.38. The average Bonchev–Trinajstić information content (AvgIpc) is 2.35. The monoisotopic (exact) mass is 239 g/mol. The second-order valence-corrected chi connectivity index (χ2v) is 3.25. The van der Waals surface area contributed by atoms with Crippen LogP contribution in [-0.4, -0.2) is 37.1 Å². The topological polar surface area (TPSA) is 98.9 Å². The molecule has 0 fully saturated rings. The van der Waals surface area contributed by atoms with Gasteiger partial charge in [-0.3, -0.25) is 9.59 Å². The van der Waals surface area contributed by atoms with Gasteiger partial charge in [0.15, 0.2) is 11.8 Å². The van der Waals surface area contributed by atoms with Gasteiger partial charge >= 0.3 is 5.97 Å². The summed E-state index contributed by atoms with van der Waals surface area (Å²) in [6.07, 6.45) is 0. The minimum absolute atomic E-state index is 0.114. The van der Waals surface area contributed by atoms with Crippen LogP contribution in [0.15, 0.2) is 18.2 Å². The molecule has 0 amide bonds. The zero-order valence-electron chi connectivity index (χ0n) is 9.47. The summed E-state index contributed by atoms with van der Waals surface area (Å²) in [5.74, 6) is -1.36. The van der Waals surface area contributed by atoms with Gasteiger partial charge in [0.05, 0.1) is 19.8 Å². The van der Waals surface area contributed by atoms with Gasteiger partial charge in [-0.1, -0.05) is 0 Å². The van der Waals surface area contributed by atoms with E-state index in [-0.39, 0.29) is 11.3 Å². The van der Waals surface area contributed by atoms with Crippen LogP contribution in [0.25, 0.3) is 0 Å². The molecule has 1 aromatic rings. The smallest absolute Gasteiger partial charge is 0.328 e. The molecule has 6 nitrogen and oxygen atoms in total. The lowest BCUT2D eigenvalue weighted by atomic mass is 10.0. The van der Waals surface area contributed by atoms with E-state index < -0.39 is 17.8 Å². The highest BCUT2D eigenvalue weighted by Crippen LogP contribution is 2.25. The molecule has 0 saturated carbocycles. The molecule has 0 heterocycles. The molecular formula is C11H13NO5. The molecule has 1 atom stereocenters. The van der Waals surface area contributed by atoms with Crippen molar-refractivity contribution in [1.82, 2.24) is 0 Å². The molecule has 0 aliphatic rings. The Labute approximate surface area is 97.9 Å². The Kier molecular flexibility index (Phi) is 4.06. The number of rotatable bonds is 5. The Morgan fingerprint density at radius 3 is 2.41 bits per heavy atom. The predicted octanol–water partition coefficient (Wildman–Crippen LogP) is 0.298. The van der Waals surface area contributed by atoms with Crippen molar-refractivity contribution in [2.45, 2.75) is 6.04 Å². The second-order valence-electron chi connectivity index (χ2n) is 3.25. The number of Topliss-reactive ketones (excluding diaryl/α,β-unsaturated/α-hetero) is 1. The molecule has 0 spiro atoms. The third-order valence-corrected chi connectivity index (χ3v) is 2.22. The van der Waals surface area contributed by atoms with E-state index in [0.29, 0.717) is 5.75 Å². The maximum absolute atomic E-state index is 11.7. The molecule has 17 heavy (non-hydrogen) atoms. The highest BCUT2D eigenvalue weighted by Gasteiger charge is 2.25. The fourth-order valence-electron chi connectivity index (χ4n) is 1.28. The third-order valence-electron chi connectivity index (χ3n) is 2.22. The first-order valence-electron chi connectivity index (χ1n) is 4.76. The van der Waals surface area contributed by atoms with Gasteiger partial charge in [0.2, 0.25) is 0 Å². The summed E-state index contributed by atoms with van der Waals surface area (Å²) in [5, 5.41) is 8.67. The SMILES string of the molecule is COc1ccc(C(=O)C(N)C(=O)O)c(OC)c1. The molecular weight excluding hydrogens is 226 g/mol. The molecule has 0 radical (unpaired) electrons. The van der Waals surface area contributed by atoms with Gasteiger partial charge in [-0.2, -0.15) is 0 Å². The van der Waals surface area contributed by atoms with Gasteiger partial charge in [-0.05, 0) is 12.1 Å². The fraction of sp³-hybridized carbons (Fsp3) is 0.273. The van der Waals surface area contributed by atoms with Gasteiger partial charge in [-0.15, -0.1) is 0 Å². The van der Waals surface area contributed by atoms with Crippen molar-refractivity contribution in [2.24, 2.45) is 5.73 Å². The number of hydrogen-bond acceptors (Lipinski definition) is 5. The minimum atomic E-state index is -1.60. The number of methoxy groups -OCH3 is 2. The molecule has 1 rings (SSSR count). The van der Waals surface area contributed by atoms with E-state index in [1.807, 2.05) is 0 Å². The fourth-order valence-corrected chi connectivity index (χ4v) is 1.28. The summed E-state index contributed by atoms with van der Waals surface area (Å²) in [4.78, 5) is 22.4. The summed E-state index contributed by atoms with van der Waals surface area (Å²) in [5.41, 5.74) is 5.36. The molecule has 0 aliphatic carbocycles. The van der Waals surface area contributed by atoms with Crippen LogP contribution in [0.5, 0.6) is 11.5 Å². The van der Waals surface area contributed by atoms with E-state index in [4.69, 9.17) is 20.3 Å². The number of carboxylic acids is 1. The molecule has 0 saturated heterocycles. The normalized spacial score (nSPS) is 11.7. The van der Waals surface area contributed by atoms with Crippen molar-refractivity contribution in [3.05, 3.63) is 23.8 Å². The maximum atomic E-state index is 11.7. The van der Waals surface area contributed by atoms with Crippen molar-refractivity contribution in [2.75, 3.05) is 14.2 Å². The molecule has 1 aromatic carbocycles. The summed E-state index contributed by atoms with van der Waals surface area (Å²) < 4.78 is 9.95. The lowest BCUT2D eigenvalue weighted by Gasteiger charge is -2.11. The van der Waals surface area contributed by atoms with Crippen LogP contribution in [0, 0.1) is 0 Å². The van der Waals surface area contributed by atoms with Gasteiger partial charge < -0.3 is 20.3 Å². The molecule has 92 valence electrons. The number of ether oxygens (including phenoxy) is 2. The lowest BCUT2D eigenvalue weighted by molar-refractivity contribution is -0.137. The zero-order chi connectivity index (χ0) is 13.0. The van der Waals surface area contributed by atoms with Gasteiger partial charge in [0.25, 0.3) is 0 Å². The van der Waals surface area contributed by atoms with Crippen molar-refractivity contribution in [3.8, 4) is 11.5 Å². The Morgan fingerprint density at radius 2 is 1.94 bits per heavy atom. The molecule has 3 N–H and O–H groups in total. The predicted molar refractivity (Wildman–Crippen MR) is 59.5 cm³/mol. The number of carbonyl (C=O) groups is 2. The summed E-state index contributed by atoms with van der Waals surface area (Å²) in [7, 11) is 2.84. The van der Waals surface area contributed by atoms with Crippen molar-refractivity contribution < 1.29 is 24.2 Å². The van der Waals surface area contributed by atoms with E-state index in [2.05, 4.69) is 0 Å². The minimum Gasteiger partial charge on any atom is -0.497 e. The molecule has 0 aromatic heterocycles. The largest absolute Gasteiger partial charge is 0.497 e.